The number of nitrogens with zero attached hydrogens (tertiary/aromatic N) is 4. The minimum absolute atomic E-state index is 0.169. The lowest BCUT2D eigenvalue weighted by molar-refractivity contribution is 0.0636. The van der Waals surface area contributed by atoms with Crippen LogP contribution >= 0.6 is 11.6 Å². The predicted octanol–water partition coefficient (Wildman–Crippen LogP) is 7.24. The van der Waals surface area contributed by atoms with E-state index < -0.39 is 11.7 Å². The van der Waals surface area contributed by atoms with E-state index in [2.05, 4.69) is 34.4 Å². The van der Waals surface area contributed by atoms with Crippen molar-refractivity contribution < 1.29 is 9.53 Å². The van der Waals surface area contributed by atoms with Gasteiger partial charge in [-0.2, -0.15) is 4.98 Å². The van der Waals surface area contributed by atoms with Gasteiger partial charge in [0.1, 0.15) is 11.2 Å². The van der Waals surface area contributed by atoms with Crippen molar-refractivity contribution in [2.24, 2.45) is 0 Å². The van der Waals surface area contributed by atoms with Crippen LogP contribution in [0.2, 0.25) is 5.02 Å². The third-order valence-electron chi connectivity index (χ3n) is 7.29. The van der Waals surface area contributed by atoms with Gasteiger partial charge in [0, 0.05) is 46.5 Å². The molecule has 1 amide bonds. The summed E-state index contributed by atoms with van der Waals surface area (Å²) in [6.45, 7) is 14.1. The number of aryl methyl sites for hydroxylation is 2. The van der Waals surface area contributed by atoms with Gasteiger partial charge in [0.2, 0.25) is 5.95 Å². The summed E-state index contributed by atoms with van der Waals surface area (Å²) in [5.74, 6) is 0.497. The molecule has 0 aliphatic rings. The Hall–Kier alpha value is -3.95. The number of halogens is 1. The maximum Gasteiger partial charge on any atom is 0.412 e. The molecule has 2 N–H and O–H groups in total. The minimum atomic E-state index is -0.581. The van der Waals surface area contributed by atoms with E-state index in [0.29, 0.717) is 46.4 Å². The largest absolute Gasteiger partial charge is 0.444 e. The molecule has 4 aromatic rings. The molecule has 9 nitrogen and oxygen atoms in total. The van der Waals surface area contributed by atoms with Gasteiger partial charge in [-0.05, 0) is 89.5 Å². The molecule has 0 aliphatic heterocycles. The van der Waals surface area contributed by atoms with Crippen LogP contribution in [0.5, 0.6) is 0 Å². The highest BCUT2D eigenvalue weighted by Gasteiger charge is 2.17. The number of fused-ring (bicyclic) bond motifs is 1. The zero-order valence-corrected chi connectivity index (χ0v) is 27.1. The Morgan fingerprint density at radius 2 is 1.75 bits per heavy atom. The Morgan fingerprint density at radius 1 is 1.02 bits per heavy atom. The molecule has 44 heavy (non-hydrogen) atoms. The molecule has 2 aromatic carbocycles. The van der Waals surface area contributed by atoms with Crippen molar-refractivity contribution >= 4 is 40.4 Å². The molecule has 0 spiro atoms. The zero-order chi connectivity index (χ0) is 31.7. The number of hydrogen-bond donors (Lipinski definition) is 2. The van der Waals surface area contributed by atoms with E-state index in [9.17, 15) is 9.59 Å². The van der Waals surface area contributed by atoms with E-state index >= 15 is 0 Å². The van der Waals surface area contributed by atoms with Crippen molar-refractivity contribution in [1.82, 2.24) is 19.4 Å². The predicted molar refractivity (Wildman–Crippen MR) is 180 cm³/mol. The normalized spacial score (nSPS) is 11.6. The summed E-state index contributed by atoms with van der Waals surface area (Å²) in [6, 6.07) is 16.7. The minimum Gasteiger partial charge on any atom is -0.444 e. The number of unbranched alkanes of at least 4 members (excludes halogenated alkanes) is 1. The van der Waals surface area contributed by atoms with Gasteiger partial charge in [-0.15, -0.1) is 0 Å². The van der Waals surface area contributed by atoms with E-state index in [4.69, 9.17) is 21.3 Å². The summed E-state index contributed by atoms with van der Waals surface area (Å²) in [7, 11) is 0. The van der Waals surface area contributed by atoms with Gasteiger partial charge in [-0.3, -0.25) is 14.7 Å². The number of benzene rings is 2. The summed E-state index contributed by atoms with van der Waals surface area (Å²) >= 11 is 6.51. The van der Waals surface area contributed by atoms with E-state index in [1.54, 1.807) is 16.8 Å². The van der Waals surface area contributed by atoms with Gasteiger partial charge in [0.05, 0.1) is 0 Å². The Labute approximate surface area is 264 Å². The van der Waals surface area contributed by atoms with Gasteiger partial charge in [0.25, 0.3) is 5.56 Å². The summed E-state index contributed by atoms with van der Waals surface area (Å²) < 4.78 is 7.04. The van der Waals surface area contributed by atoms with Crippen molar-refractivity contribution in [3.05, 3.63) is 81.7 Å². The summed E-state index contributed by atoms with van der Waals surface area (Å²) in [5.41, 5.74) is 2.62. The second-order valence-corrected chi connectivity index (χ2v) is 12.1. The molecule has 0 bridgehead atoms. The first-order valence-electron chi connectivity index (χ1n) is 15.3. The molecule has 2 aromatic heterocycles. The first-order chi connectivity index (χ1) is 21.1. The second-order valence-electron chi connectivity index (χ2n) is 11.7. The first kappa shape index (κ1) is 33.0. The fourth-order valence-electron chi connectivity index (χ4n) is 4.94. The molecular weight excluding hydrogens is 576 g/mol. The number of anilines is 2. The van der Waals surface area contributed by atoms with Gasteiger partial charge in [0.15, 0.2) is 0 Å². The lowest BCUT2D eigenvalue weighted by atomic mass is 10.1. The van der Waals surface area contributed by atoms with Crippen LogP contribution in [-0.2, 0) is 17.7 Å². The van der Waals surface area contributed by atoms with Crippen LogP contribution in [0.25, 0.3) is 22.2 Å². The standard InChI is InChI=1S/C34H43ClN6O3/c1-6-40(7-2)20-11-10-19-36-32-37-23-25-22-28(27-12-8-9-13-29(27)35)31(42)41(30(25)39-32)21-18-24-14-16-26(17-15-24)38-33(43)44-34(3,4)5/h8-9,12-17,22-23H,6-7,10-11,18-21H2,1-5H3,(H,38,43)(H,36,37,39). The number of carbonyl (C=O) groups is 1. The molecule has 10 heteroatoms. The molecular formula is C34H43ClN6O3. The quantitative estimate of drug-likeness (QED) is 0.152. The lowest BCUT2D eigenvalue weighted by Gasteiger charge is -2.19. The van der Waals surface area contributed by atoms with Crippen LogP contribution in [-0.4, -0.2) is 57.3 Å². The highest BCUT2D eigenvalue weighted by atomic mass is 35.5. The second kappa shape index (κ2) is 15.2. The topological polar surface area (TPSA) is 101 Å². The van der Waals surface area contributed by atoms with Gasteiger partial charge in [-0.25, -0.2) is 9.78 Å². The number of amides is 1. The average Bonchev–Trinajstić information content (AvgIpc) is 2.98. The van der Waals surface area contributed by atoms with Crippen LogP contribution in [0.3, 0.4) is 0 Å². The van der Waals surface area contributed by atoms with Crippen LogP contribution in [0.4, 0.5) is 16.4 Å². The first-order valence-corrected chi connectivity index (χ1v) is 15.7. The van der Waals surface area contributed by atoms with Gasteiger partial charge in [-0.1, -0.05) is 55.8 Å². The summed E-state index contributed by atoms with van der Waals surface area (Å²) in [6.07, 6.45) is 3.90. The molecule has 234 valence electrons. The summed E-state index contributed by atoms with van der Waals surface area (Å²) in [5, 5.41) is 7.35. The smallest absolute Gasteiger partial charge is 0.412 e. The molecule has 0 aliphatic carbocycles. The third kappa shape index (κ3) is 9.03. The number of ether oxygens (including phenoxy) is 1. The fraction of sp³-hybridized carbons (Fsp3) is 0.412. The highest BCUT2D eigenvalue weighted by Crippen LogP contribution is 2.27. The fourth-order valence-corrected chi connectivity index (χ4v) is 5.18. The maximum absolute atomic E-state index is 13.9. The van der Waals surface area contributed by atoms with Crippen LogP contribution in [0, 0.1) is 0 Å². The van der Waals surface area contributed by atoms with Crippen molar-refractivity contribution in [3.8, 4) is 11.1 Å². The summed E-state index contributed by atoms with van der Waals surface area (Å²) in [4.78, 5) is 37.8. The third-order valence-corrected chi connectivity index (χ3v) is 7.62. The molecule has 0 radical (unpaired) electrons. The number of rotatable bonds is 13. The number of pyridine rings is 1. The number of aromatic nitrogens is 3. The average molecular weight is 619 g/mol. The van der Waals surface area contributed by atoms with Crippen molar-refractivity contribution in [1.29, 1.82) is 0 Å². The molecule has 0 saturated heterocycles. The van der Waals surface area contributed by atoms with Crippen LogP contribution < -0.4 is 16.2 Å². The Morgan fingerprint density at radius 3 is 2.43 bits per heavy atom. The molecule has 4 rings (SSSR count). The number of nitrogens with one attached hydrogen (secondary N) is 2. The monoisotopic (exact) mass is 618 g/mol. The van der Waals surface area contributed by atoms with Crippen LogP contribution in [0.1, 0.15) is 53.0 Å². The molecule has 2 heterocycles. The Kier molecular flexibility index (Phi) is 11.4. The molecule has 0 saturated carbocycles. The van der Waals surface area contributed by atoms with E-state index in [0.717, 1.165) is 50.0 Å². The van der Waals surface area contributed by atoms with E-state index in [1.807, 2.05) is 69.3 Å². The van der Waals surface area contributed by atoms with E-state index in [1.165, 1.54) is 0 Å². The number of hydrogen-bond acceptors (Lipinski definition) is 7. The maximum atomic E-state index is 13.9. The zero-order valence-electron chi connectivity index (χ0n) is 26.3. The van der Waals surface area contributed by atoms with Gasteiger partial charge >= 0.3 is 6.09 Å². The van der Waals surface area contributed by atoms with Crippen molar-refractivity contribution in [3.63, 3.8) is 0 Å². The molecule has 0 unspecified atom stereocenters. The lowest BCUT2D eigenvalue weighted by Crippen LogP contribution is -2.27. The van der Waals surface area contributed by atoms with Crippen LogP contribution in [0.15, 0.2) is 65.6 Å². The van der Waals surface area contributed by atoms with Crippen molar-refractivity contribution in [2.75, 3.05) is 36.8 Å². The van der Waals surface area contributed by atoms with Crippen molar-refractivity contribution in [2.45, 2.75) is 66.0 Å². The SMILES string of the molecule is CCN(CC)CCCCNc1ncc2cc(-c3ccccc3Cl)c(=O)n(CCc3ccc(NC(=O)OC(C)(C)C)cc3)c2n1. The van der Waals surface area contributed by atoms with E-state index in [-0.39, 0.29) is 5.56 Å². The highest BCUT2D eigenvalue weighted by molar-refractivity contribution is 6.33. The Balaban J connectivity index is 1.56. The molecule has 0 atom stereocenters. The Bertz CT molecular complexity index is 1610. The molecule has 0 fully saturated rings. The van der Waals surface area contributed by atoms with Gasteiger partial charge < -0.3 is 15.0 Å². The number of carbonyl (C=O) groups excluding carboxylic acids is 1.